The van der Waals surface area contributed by atoms with Crippen LogP contribution in [0, 0.1) is 5.92 Å². The number of nitrogens with zero attached hydrogens (tertiary/aromatic N) is 1. The highest BCUT2D eigenvalue weighted by atomic mass is 32.1. The molecule has 0 unspecified atom stereocenters. The van der Waals surface area contributed by atoms with E-state index in [1.165, 1.54) is 23.3 Å². The zero-order valence-electron chi connectivity index (χ0n) is 15.0. The van der Waals surface area contributed by atoms with Gasteiger partial charge in [-0.3, -0.25) is 9.59 Å². The van der Waals surface area contributed by atoms with Crippen LogP contribution in [-0.4, -0.2) is 22.8 Å². The molecule has 4 rings (SSSR count). The third-order valence-corrected chi connectivity index (χ3v) is 7.04. The van der Waals surface area contributed by atoms with Crippen molar-refractivity contribution in [3.63, 3.8) is 0 Å². The molecule has 0 bridgehead atoms. The van der Waals surface area contributed by atoms with E-state index in [1.807, 2.05) is 24.3 Å². The molecule has 1 aromatic carbocycles. The van der Waals surface area contributed by atoms with Gasteiger partial charge in [0.05, 0.1) is 4.88 Å². The molecule has 2 N–H and O–H groups in total. The molecule has 1 aliphatic carbocycles. The second-order valence-corrected chi connectivity index (χ2v) is 8.54. The monoisotopic (exact) mass is 368 g/mol. The molecule has 0 radical (unpaired) electrons. The number of carbonyl (C=O) groups is 2. The van der Waals surface area contributed by atoms with Crippen molar-refractivity contribution in [2.24, 2.45) is 11.7 Å². The zero-order chi connectivity index (χ0) is 18.3. The fourth-order valence-electron chi connectivity index (χ4n) is 4.19. The summed E-state index contributed by atoms with van der Waals surface area (Å²) in [6.07, 6.45) is 5.02. The largest absolute Gasteiger partial charge is 0.368 e. The lowest BCUT2D eigenvalue weighted by atomic mass is 9.87. The predicted molar refractivity (Wildman–Crippen MR) is 103 cm³/mol. The molecule has 2 aromatic rings. The highest BCUT2D eigenvalue weighted by molar-refractivity contribution is 7.14. The average Bonchev–Trinajstić information content (AvgIpc) is 3.09. The molecular weight excluding hydrogens is 344 g/mol. The normalized spacial score (nSPS) is 21.8. The third kappa shape index (κ3) is 3.05. The molecule has 1 aromatic heterocycles. The maximum atomic E-state index is 13.2. The van der Waals surface area contributed by atoms with Crippen molar-refractivity contribution in [3.8, 4) is 0 Å². The summed E-state index contributed by atoms with van der Waals surface area (Å²) in [6, 6.07) is 9.47. The fraction of sp³-hybridized carbons (Fsp3) is 0.429. The van der Waals surface area contributed by atoms with Crippen LogP contribution in [0.5, 0.6) is 0 Å². The number of hydrogen-bond acceptors (Lipinski definition) is 3. The number of amides is 2. The highest BCUT2D eigenvalue weighted by Gasteiger charge is 2.35. The van der Waals surface area contributed by atoms with E-state index >= 15 is 0 Å². The number of primary amides is 1. The number of hydrogen-bond donors (Lipinski definition) is 1. The van der Waals surface area contributed by atoms with E-state index in [1.54, 1.807) is 16.2 Å². The van der Waals surface area contributed by atoms with Gasteiger partial charge in [0.1, 0.15) is 6.04 Å². The highest BCUT2D eigenvalue weighted by Crippen LogP contribution is 2.35. The van der Waals surface area contributed by atoms with Gasteiger partial charge in [-0.25, -0.2) is 0 Å². The van der Waals surface area contributed by atoms with E-state index in [9.17, 15) is 9.59 Å². The molecule has 26 heavy (non-hydrogen) atoms. The Morgan fingerprint density at radius 2 is 1.96 bits per heavy atom. The molecule has 136 valence electrons. The second-order valence-electron chi connectivity index (χ2n) is 7.40. The number of thiophene rings is 1. The number of fused-ring (bicyclic) bond motifs is 2. The fourth-order valence-corrected chi connectivity index (χ4v) is 5.35. The Kier molecular flexibility index (Phi) is 4.57. The Labute approximate surface area is 158 Å². The molecule has 2 atom stereocenters. The van der Waals surface area contributed by atoms with E-state index in [0.717, 1.165) is 34.8 Å². The van der Waals surface area contributed by atoms with Crippen molar-refractivity contribution in [1.82, 2.24) is 4.90 Å². The summed E-state index contributed by atoms with van der Waals surface area (Å²) in [4.78, 5) is 29.0. The van der Waals surface area contributed by atoms with Gasteiger partial charge in [0.25, 0.3) is 5.91 Å². The molecule has 2 amide bonds. The minimum Gasteiger partial charge on any atom is -0.368 e. The first-order chi connectivity index (χ1) is 12.6. The predicted octanol–water partition coefficient (Wildman–Crippen LogP) is 3.32. The van der Waals surface area contributed by atoms with Crippen molar-refractivity contribution < 1.29 is 9.59 Å². The first-order valence-corrected chi connectivity index (χ1v) is 10.2. The SMILES string of the molecule is CC[C@H]1CCc2sc(C(=O)N3Cc4ccccc4C[C@H]3C(N)=O)cc2C1. The first-order valence-electron chi connectivity index (χ1n) is 9.35. The molecule has 0 saturated heterocycles. The summed E-state index contributed by atoms with van der Waals surface area (Å²) in [7, 11) is 0. The zero-order valence-corrected chi connectivity index (χ0v) is 15.8. The van der Waals surface area contributed by atoms with Gasteiger partial charge in [0.2, 0.25) is 5.91 Å². The second kappa shape index (κ2) is 6.88. The molecule has 0 saturated carbocycles. The van der Waals surface area contributed by atoms with Crippen LogP contribution in [0.3, 0.4) is 0 Å². The maximum absolute atomic E-state index is 13.2. The van der Waals surface area contributed by atoms with Gasteiger partial charge in [-0.1, -0.05) is 37.6 Å². The summed E-state index contributed by atoms with van der Waals surface area (Å²) in [5, 5.41) is 0. The molecule has 4 nitrogen and oxygen atoms in total. The Bertz CT molecular complexity index is 857. The summed E-state index contributed by atoms with van der Waals surface area (Å²) >= 11 is 1.60. The minimum atomic E-state index is -0.570. The van der Waals surface area contributed by atoms with E-state index in [2.05, 4.69) is 13.0 Å². The van der Waals surface area contributed by atoms with Gasteiger partial charge in [-0.05, 0) is 47.9 Å². The van der Waals surface area contributed by atoms with Gasteiger partial charge in [0, 0.05) is 17.8 Å². The van der Waals surface area contributed by atoms with E-state index in [4.69, 9.17) is 5.73 Å². The van der Waals surface area contributed by atoms with E-state index < -0.39 is 11.9 Å². The number of aryl methyl sites for hydroxylation is 1. The van der Waals surface area contributed by atoms with Crippen molar-refractivity contribution in [2.45, 2.75) is 51.6 Å². The van der Waals surface area contributed by atoms with Gasteiger partial charge < -0.3 is 10.6 Å². The lowest BCUT2D eigenvalue weighted by molar-refractivity contribution is -0.122. The Hall–Kier alpha value is -2.14. The minimum absolute atomic E-state index is 0.0595. The van der Waals surface area contributed by atoms with Crippen LogP contribution in [0.4, 0.5) is 0 Å². The third-order valence-electron chi connectivity index (χ3n) is 5.81. The number of nitrogens with two attached hydrogens (primary N) is 1. The lowest BCUT2D eigenvalue weighted by Gasteiger charge is -2.34. The Morgan fingerprint density at radius 3 is 2.69 bits per heavy atom. The average molecular weight is 369 g/mol. The molecule has 0 spiro atoms. The van der Waals surface area contributed by atoms with Gasteiger partial charge in [0.15, 0.2) is 0 Å². The van der Waals surface area contributed by atoms with Crippen LogP contribution in [-0.2, 0) is 30.6 Å². The van der Waals surface area contributed by atoms with Gasteiger partial charge in [-0.2, -0.15) is 0 Å². The van der Waals surface area contributed by atoms with Crippen LogP contribution >= 0.6 is 11.3 Å². The summed E-state index contributed by atoms with van der Waals surface area (Å²) in [5.74, 6) is 0.233. The summed E-state index contributed by atoms with van der Waals surface area (Å²) in [5.41, 5.74) is 9.17. The van der Waals surface area contributed by atoms with Crippen molar-refractivity contribution >= 4 is 23.2 Å². The first kappa shape index (κ1) is 17.3. The van der Waals surface area contributed by atoms with Crippen molar-refractivity contribution in [2.75, 3.05) is 0 Å². The van der Waals surface area contributed by atoms with Crippen LogP contribution in [0.25, 0.3) is 0 Å². The van der Waals surface area contributed by atoms with E-state index in [0.29, 0.717) is 13.0 Å². The summed E-state index contributed by atoms with van der Waals surface area (Å²) in [6.45, 7) is 2.68. The van der Waals surface area contributed by atoms with Gasteiger partial charge >= 0.3 is 0 Å². The van der Waals surface area contributed by atoms with E-state index in [-0.39, 0.29) is 5.91 Å². The summed E-state index contributed by atoms with van der Waals surface area (Å²) < 4.78 is 0. The topological polar surface area (TPSA) is 63.4 Å². The van der Waals surface area contributed by atoms with Crippen LogP contribution in [0.15, 0.2) is 30.3 Å². The Morgan fingerprint density at radius 1 is 1.19 bits per heavy atom. The number of carbonyl (C=O) groups excluding carboxylic acids is 2. The smallest absolute Gasteiger partial charge is 0.264 e. The molecule has 2 heterocycles. The molecule has 0 fully saturated rings. The Balaban J connectivity index is 1.63. The molecule has 5 heteroatoms. The van der Waals surface area contributed by atoms with Crippen molar-refractivity contribution in [1.29, 1.82) is 0 Å². The van der Waals surface area contributed by atoms with Gasteiger partial charge in [-0.15, -0.1) is 11.3 Å². The molecule has 2 aliphatic rings. The van der Waals surface area contributed by atoms with Crippen molar-refractivity contribution in [3.05, 3.63) is 56.8 Å². The number of benzene rings is 1. The quantitative estimate of drug-likeness (QED) is 0.903. The van der Waals surface area contributed by atoms with Crippen LogP contribution in [0.2, 0.25) is 0 Å². The number of rotatable bonds is 3. The maximum Gasteiger partial charge on any atom is 0.264 e. The standard InChI is InChI=1S/C21H24N2O2S/c1-2-13-7-8-18-16(9-13)11-19(26-18)21(25)23-12-15-6-4-3-5-14(15)10-17(23)20(22)24/h3-6,11,13,17H,2,7-10,12H2,1H3,(H2,22,24)/t13-,17-/m0/s1. The molecule has 1 aliphatic heterocycles. The van der Waals surface area contributed by atoms with Crippen LogP contribution in [0.1, 0.15) is 51.0 Å². The van der Waals surface area contributed by atoms with Crippen LogP contribution < -0.4 is 5.73 Å². The lowest BCUT2D eigenvalue weighted by Crippen LogP contribution is -2.51. The molecular formula is C21H24N2O2S.